The molecule has 0 bridgehead atoms. The van der Waals surface area contributed by atoms with Crippen LogP contribution in [0.2, 0.25) is 0 Å². The van der Waals surface area contributed by atoms with Gasteiger partial charge in [-0.1, -0.05) is 13.8 Å². The average molecular weight is 254 g/mol. The van der Waals surface area contributed by atoms with Crippen molar-refractivity contribution < 1.29 is 4.79 Å². The third-order valence-electron chi connectivity index (χ3n) is 2.27. The zero-order chi connectivity index (χ0) is 14.3. The minimum absolute atomic E-state index is 0.0489. The van der Waals surface area contributed by atoms with E-state index in [1.54, 1.807) is 19.0 Å². The molecule has 0 aliphatic rings. The molecule has 0 aliphatic carbocycles. The normalized spacial score (nSPS) is 10.0. The van der Waals surface area contributed by atoms with Gasteiger partial charge in [-0.15, -0.1) is 0 Å². The van der Waals surface area contributed by atoms with Gasteiger partial charge in [-0.05, 0) is 27.1 Å². The van der Waals surface area contributed by atoms with Crippen LogP contribution in [0.1, 0.15) is 37.0 Å². The van der Waals surface area contributed by atoms with E-state index < -0.39 is 0 Å². The molecule has 18 heavy (non-hydrogen) atoms. The molecule has 0 saturated carbocycles. The molecule has 1 heterocycles. The number of carbonyl (C=O) groups is 1. The summed E-state index contributed by atoms with van der Waals surface area (Å²) in [4.78, 5) is 15.4. The van der Waals surface area contributed by atoms with Crippen LogP contribution in [0.15, 0.2) is 6.07 Å². The Morgan fingerprint density at radius 2 is 1.83 bits per heavy atom. The van der Waals surface area contributed by atoms with Crippen LogP contribution in [0.3, 0.4) is 0 Å². The van der Waals surface area contributed by atoms with E-state index in [1.807, 2.05) is 45.6 Å². The smallest absolute Gasteiger partial charge is 0.273 e. The van der Waals surface area contributed by atoms with Crippen molar-refractivity contribution in [2.24, 2.45) is 0 Å². The van der Waals surface area contributed by atoms with Crippen LogP contribution in [-0.4, -0.2) is 53.7 Å². The molecule has 0 fully saturated rings. The molecule has 104 valence electrons. The summed E-state index contributed by atoms with van der Waals surface area (Å²) < 4.78 is 1.87. The summed E-state index contributed by atoms with van der Waals surface area (Å²) in [6, 6.07) is 1.87. The van der Waals surface area contributed by atoms with E-state index in [4.69, 9.17) is 0 Å². The van der Waals surface area contributed by atoms with Crippen molar-refractivity contribution in [3.05, 3.63) is 17.5 Å². The van der Waals surface area contributed by atoms with Gasteiger partial charge in [0.25, 0.3) is 5.91 Å². The van der Waals surface area contributed by atoms with Gasteiger partial charge in [0.2, 0.25) is 0 Å². The van der Waals surface area contributed by atoms with Crippen molar-refractivity contribution in [1.82, 2.24) is 19.6 Å². The van der Waals surface area contributed by atoms with Crippen LogP contribution in [0.5, 0.6) is 0 Å². The second kappa shape index (κ2) is 7.87. The Labute approximate surface area is 110 Å². The number of hydrogen-bond acceptors (Lipinski definition) is 3. The van der Waals surface area contributed by atoms with Crippen molar-refractivity contribution >= 4 is 5.91 Å². The second-order valence-corrected chi connectivity index (χ2v) is 4.27. The molecular weight excluding hydrogens is 228 g/mol. The number of rotatable bonds is 4. The first-order valence-electron chi connectivity index (χ1n) is 6.38. The highest BCUT2D eigenvalue weighted by Gasteiger charge is 2.15. The van der Waals surface area contributed by atoms with Crippen LogP contribution < -0.4 is 0 Å². The summed E-state index contributed by atoms with van der Waals surface area (Å²) in [7, 11) is 7.47. The van der Waals surface area contributed by atoms with Gasteiger partial charge in [-0.2, -0.15) is 5.10 Å². The van der Waals surface area contributed by atoms with Gasteiger partial charge in [0.05, 0.1) is 5.69 Å². The van der Waals surface area contributed by atoms with Gasteiger partial charge >= 0.3 is 0 Å². The van der Waals surface area contributed by atoms with Gasteiger partial charge in [-0.3, -0.25) is 9.48 Å². The topological polar surface area (TPSA) is 41.4 Å². The average Bonchev–Trinajstić information content (AvgIpc) is 2.72. The molecule has 5 heteroatoms. The standard InChI is InChI=1S/C11H20N4O.C2H6/c1-6-15-9(8-13(2)3)7-10(12-15)11(16)14(4)5;1-2/h7H,6,8H2,1-5H3;1-2H3. The van der Waals surface area contributed by atoms with Gasteiger partial charge in [-0.25, -0.2) is 0 Å². The van der Waals surface area contributed by atoms with Crippen LogP contribution in [0.25, 0.3) is 0 Å². The Morgan fingerprint density at radius 3 is 2.22 bits per heavy atom. The van der Waals surface area contributed by atoms with E-state index in [0.717, 1.165) is 18.8 Å². The SMILES string of the molecule is CC.CCn1nc(C(=O)N(C)C)cc1CN(C)C. The lowest BCUT2D eigenvalue weighted by atomic mass is 10.3. The summed E-state index contributed by atoms with van der Waals surface area (Å²) in [5.74, 6) is -0.0489. The number of aromatic nitrogens is 2. The molecule has 0 radical (unpaired) electrons. The maximum Gasteiger partial charge on any atom is 0.273 e. The van der Waals surface area contributed by atoms with Crippen molar-refractivity contribution in [1.29, 1.82) is 0 Å². The summed E-state index contributed by atoms with van der Waals surface area (Å²) in [6.07, 6.45) is 0. The first kappa shape index (κ1) is 16.6. The molecule has 0 spiro atoms. The predicted molar refractivity (Wildman–Crippen MR) is 74.7 cm³/mol. The first-order chi connectivity index (χ1) is 8.45. The minimum Gasteiger partial charge on any atom is -0.343 e. The van der Waals surface area contributed by atoms with E-state index in [1.165, 1.54) is 0 Å². The lowest BCUT2D eigenvalue weighted by molar-refractivity contribution is 0.0821. The fraction of sp³-hybridized carbons (Fsp3) is 0.692. The molecule has 0 atom stereocenters. The number of hydrogen-bond donors (Lipinski definition) is 0. The van der Waals surface area contributed by atoms with Crippen molar-refractivity contribution in [3.8, 4) is 0 Å². The Kier molecular flexibility index (Phi) is 7.27. The third kappa shape index (κ3) is 4.49. The Balaban J connectivity index is 0.00000137. The fourth-order valence-corrected chi connectivity index (χ4v) is 1.51. The number of aryl methyl sites for hydroxylation is 1. The lowest BCUT2D eigenvalue weighted by Crippen LogP contribution is -2.22. The Hall–Kier alpha value is -1.36. The van der Waals surface area contributed by atoms with Crippen molar-refractivity contribution in [2.45, 2.75) is 33.9 Å². The number of nitrogens with zero attached hydrogens (tertiary/aromatic N) is 4. The quantitative estimate of drug-likeness (QED) is 0.821. The largest absolute Gasteiger partial charge is 0.343 e. The zero-order valence-electron chi connectivity index (χ0n) is 12.7. The van der Waals surface area contributed by atoms with Gasteiger partial charge in [0.15, 0.2) is 5.69 Å². The molecule has 0 aliphatic heterocycles. The monoisotopic (exact) mass is 254 g/mol. The molecule has 0 N–H and O–H groups in total. The van der Waals surface area contributed by atoms with E-state index in [2.05, 4.69) is 10.00 Å². The van der Waals surface area contributed by atoms with Crippen molar-refractivity contribution in [3.63, 3.8) is 0 Å². The Morgan fingerprint density at radius 1 is 1.28 bits per heavy atom. The zero-order valence-corrected chi connectivity index (χ0v) is 12.7. The number of carbonyl (C=O) groups excluding carboxylic acids is 1. The molecule has 1 rings (SSSR count). The summed E-state index contributed by atoms with van der Waals surface area (Å²) >= 11 is 0. The molecule has 1 aromatic rings. The molecule has 1 amide bonds. The van der Waals surface area contributed by atoms with Gasteiger partial charge in [0, 0.05) is 27.2 Å². The van der Waals surface area contributed by atoms with Crippen LogP contribution in [0.4, 0.5) is 0 Å². The van der Waals surface area contributed by atoms with E-state index >= 15 is 0 Å². The van der Waals surface area contributed by atoms with E-state index in [-0.39, 0.29) is 5.91 Å². The first-order valence-corrected chi connectivity index (χ1v) is 6.38. The summed E-state index contributed by atoms with van der Waals surface area (Å²) in [5.41, 5.74) is 1.58. The van der Waals surface area contributed by atoms with E-state index in [9.17, 15) is 4.79 Å². The second-order valence-electron chi connectivity index (χ2n) is 4.27. The lowest BCUT2D eigenvalue weighted by Gasteiger charge is -2.10. The summed E-state index contributed by atoms with van der Waals surface area (Å²) in [6.45, 7) is 7.60. The highest BCUT2D eigenvalue weighted by Crippen LogP contribution is 2.08. The molecule has 0 unspecified atom stereocenters. The number of amides is 1. The van der Waals surface area contributed by atoms with Crippen molar-refractivity contribution in [2.75, 3.05) is 28.2 Å². The van der Waals surface area contributed by atoms with Gasteiger partial charge < -0.3 is 9.80 Å². The molecular formula is C13H26N4O. The fourth-order valence-electron chi connectivity index (χ4n) is 1.51. The molecule has 5 nitrogen and oxygen atoms in total. The van der Waals surface area contributed by atoms with Crippen LogP contribution in [-0.2, 0) is 13.1 Å². The highest BCUT2D eigenvalue weighted by atomic mass is 16.2. The summed E-state index contributed by atoms with van der Waals surface area (Å²) in [5, 5.41) is 4.30. The van der Waals surface area contributed by atoms with Gasteiger partial charge in [0.1, 0.15) is 0 Å². The molecule has 0 saturated heterocycles. The maximum absolute atomic E-state index is 11.7. The molecule has 0 aromatic carbocycles. The van der Waals surface area contributed by atoms with E-state index in [0.29, 0.717) is 5.69 Å². The predicted octanol–water partition coefficient (Wildman–Crippen LogP) is 1.69. The van der Waals surface area contributed by atoms with Crippen LogP contribution >= 0.6 is 0 Å². The third-order valence-corrected chi connectivity index (χ3v) is 2.27. The highest BCUT2D eigenvalue weighted by molar-refractivity contribution is 5.92. The van der Waals surface area contributed by atoms with Crippen LogP contribution in [0, 0.1) is 0 Å². The Bertz CT molecular complexity index is 369. The maximum atomic E-state index is 11.7. The molecule has 1 aromatic heterocycles. The minimum atomic E-state index is -0.0489.